The highest BCUT2D eigenvalue weighted by atomic mass is 35.5. The Labute approximate surface area is 241 Å². The number of benzene rings is 3. The lowest BCUT2D eigenvalue weighted by Crippen LogP contribution is -2.54. The van der Waals surface area contributed by atoms with E-state index in [-0.39, 0.29) is 23.0 Å². The van der Waals surface area contributed by atoms with Crippen LogP contribution in [0.25, 0.3) is 0 Å². The molecule has 0 bridgehead atoms. The summed E-state index contributed by atoms with van der Waals surface area (Å²) >= 11 is 6.19. The molecular weight excluding hydrogens is 550 g/mol. The van der Waals surface area contributed by atoms with Crippen molar-refractivity contribution in [3.63, 3.8) is 0 Å². The van der Waals surface area contributed by atoms with Crippen LogP contribution in [0.15, 0.2) is 83.8 Å². The Morgan fingerprint density at radius 1 is 0.975 bits per heavy atom. The fourth-order valence-electron chi connectivity index (χ4n) is 4.06. The van der Waals surface area contributed by atoms with Gasteiger partial charge in [-0.3, -0.25) is 13.9 Å². The van der Waals surface area contributed by atoms with Gasteiger partial charge >= 0.3 is 0 Å². The zero-order valence-corrected chi connectivity index (χ0v) is 25.0. The van der Waals surface area contributed by atoms with E-state index in [9.17, 15) is 18.0 Å². The van der Waals surface area contributed by atoms with Crippen molar-refractivity contribution in [1.82, 2.24) is 10.2 Å². The van der Waals surface area contributed by atoms with Gasteiger partial charge in [-0.2, -0.15) is 0 Å². The number of anilines is 1. The molecule has 0 aromatic heterocycles. The first kappa shape index (κ1) is 31.0. The zero-order chi connectivity index (χ0) is 29.5. The Morgan fingerprint density at radius 2 is 1.62 bits per heavy atom. The van der Waals surface area contributed by atoms with Crippen molar-refractivity contribution in [3.8, 4) is 5.75 Å². The van der Waals surface area contributed by atoms with Gasteiger partial charge in [0.25, 0.3) is 10.0 Å². The molecule has 3 aromatic rings. The highest BCUT2D eigenvalue weighted by Crippen LogP contribution is 2.33. The van der Waals surface area contributed by atoms with Gasteiger partial charge in [-0.25, -0.2) is 8.42 Å². The van der Waals surface area contributed by atoms with Crippen molar-refractivity contribution in [1.29, 1.82) is 0 Å². The molecule has 1 atom stereocenters. The third-order valence-corrected chi connectivity index (χ3v) is 7.96. The average molecular weight is 586 g/mol. The minimum atomic E-state index is -4.19. The maximum Gasteiger partial charge on any atom is 0.264 e. The molecule has 3 aromatic carbocycles. The van der Waals surface area contributed by atoms with E-state index in [4.69, 9.17) is 16.3 Å². The monoisotopic (exact) mass is 585 g/mol. The summed E-state index contributed by atoms with van der Waals surface area (Å²) in [7, 11) is -4.19. The van der Waals surface area contributed by atoms with Crippen molar-refractivity contribution >= 4 is 39.1 Å². The predicted octanol–water partition coefficient (Wildman–Crippen LogP) is 5.27. The molecule has 0 heterocycles. The van der Waals surface area contributed by atoms with Crippen LogP contribution in [0.4, 0.5) is 5.69 Å². The van der Waals surface area contributed by atoms with Gasteiger partial charge in [0.15, 0.2) is 0 Å². The average Bonchev–Trinajstić information content (AvgIpc) is 2.90. The first-order valence-electron chi connectivity index (χ1n) is 13.0. The number of halogens is 1. The fourth-order valence-corrected chi connectivity index (χ4v) is 5.72. The molecule has 40 heavy (non-hydrogen) atoms. The van der Waals surface area contributed by atoms with Gasteiger partial charge < -0.3 is 15.0 Å². The molecule has 0 spiro atoms. The van der Waals surface area contributed by atoms with Gasteiger partial charge in [0.05, 0.1) is 17.2 Å². The molecule has 3 rings (SSSR count). The van der Waals surface area contributed by atoms with E-state index >= 15 is 0 Å². The van der Waals surface area contributed by atoms with Crippen molar-refractivity contribution in [2.24, 2.45) is 0 Å². The van der Waals surface area contributed by atoms with Crippen LogP contribution < -0.4 is 14.4 Å². The molecule has 10 heteroatoms. The van der Waals surface area contributed by atoms with E-state index in [1.807, 2.05) is 20.8 Å². The summed E-state index contributed by atoms with van der Waals surface area (Å²) in [6.45, 7) is 8.74. The van der Waals surface area contributed by atoms with Gasteiger partial charge in [0, 0.05) is 17.1 Å². The third kappa shape index (κ3) is 7.99. The number of carbonyl (C=O) groups excluding carboxylic acids is 2. The van der Waals surface area contributed by atoms with E-state index in [1.165, 1.54) is 17.0 Å². The minimum Gasteiger partial charge on any atom is -0.492 e. The molecule has 0 fully saturated rings. The third-order valence-electron chi connectivity index (χ3n) is 5.95. The van der Waals surface area contributed by atoms with Gasteiger partial charge in [0.1, 0.15) is 18.3 Å². The molecule has 8 nitrogen and oxygen atoms in total. The van der Waals surface area contributed by atoms with E-state index in [0.29, 0.717) is 22.9 Å². The summed E-state index contributed by atoms with van der Waals surface area (Å²) in [5.74, 6) is -0.616. The molecule has 0 aliphatic carbocycles. The number of sulfonamides is 1. The van der Waals surface area contributed by atoms with Crippen molar-refractivity contribution in [2.45, 2.75) is 57.6 Å². The van der Waals surface area contributed by atoms with E-state index < -0.39 is 34.1 Å². The lowest BCUT2D eigenvalue weighted by molar-refractivity contribution is -0.140. The first-order valence-corrected chi connectivity index (χ1v) is 14.8. The molecule has 0 radical (unpaired) electrons. The van der Waals surface area contributed by atoms with Crippen molar-refractivity contribution in [3.05, 3.63) is 89.4 Å². The number of hydrogen-bond donors (Lipinski definition) is 1. The number of ether oxygens (including phenoxy) is 1. The summed E-state index contributed by atoms with van der Waals surface area (Å²) in [6, 6.07) is 20.6. The molecule has 0 saturated heterocycles. The number of para-hydroxylation sites is 2. The minimum absolute atomic E-state index is 0.0222. The van der Waals surface area contributed by atoms with Crippen LogP contribution in [0, 0.1) is 0 Å². The molecule has 2 amide bonds. The second-order valence-corrected chi connectivity index (χ2v) is 12.6. The number of nitrogens with one attached hydrogen (secondary N) is 1. The molecule has 1 N–H and O–H groups in total. The number of hydrogen-bond acceptors (Lipinski definition) is 5. The standard InChI is InChI=1S/C30H36ClN3O5S/c1-6-39-27-18-11-10-17-26(27)34(40(37,38)25-15-8-7-9-16-25)21-28(35)33(20-23-13-12-14-24(31)19-23)22(2)29(36)32-30(3,4)5/h7-19,22H,6,20-21H2,1-5H3,(H,32,36)/t22-/m0/s1. The number of nitrogens with zero attached hydrogens (tertiary/aromatic N) is 2. The number of carbonyl (C=O) groups is 2. The quantitative estimate of drug-likeness (QED) is 0.331. The van der Waals surface area contributed by atoms with E-state index in [2.05, 4.69) is 5.32 Å². The normalized spacial score (nSPS) is 12.3. The summed E-state index contributed by atoms with van der Waals surface area (Å²) in [5, 5.41) is 3.39. The molecule has 214 valence electrons. The summed E-state index contributed by atoms with van der Waals surface area (Å²) in [6.07, 6.45) is 0. The number of rotatable bonds is 11. The summed E-state index contributed by atoms with van der Waals surface area (Å²) in [5.41, 5.74) is 0.384. The van der Waals surface area contributed by atoms with Crippen LogP contribution in [-0.4, -0.2) is 49.9 Å². The molecule has 0 aliphatic heterocycles. The summed E-state index contributed by atoms with van der Waals surface area (Å²) < 4.78 is 34.7. The van der Waals surface area contributed by atoms with Crippen LogP contribution in [-0.2, 0) is 26.2 Å². The Morgan fingerprint density at radius 3 is 2.25 bits per heavy atom. The van der Waals surface area contributed by atoms with Gasteiger partial charge in [-0.1, -0.05) is 54.1 Å². The zero-order valence-electron chi connectivity index (χ0n) is 23.4. The lowest BCUT2D eigenvalue weighted by atomic mass is 10.1. The van der Waals surface area contributed by atoms with Crippen molar-refractivity contribution in [2.75, 3.05) is 17.5 Å². The topological polar surface area (TPSA) is 96.0 Å². The van der Waals surface area contributed by atoms with Crippen LogP contribution in [0.1, 0.15) is 40.2 Å². The molecule has 0 aliphatic rings. The van der Waals surface area contributed by atoms with Crippen LogP contribution in [0.2, 0.25) is 5.02 Å². The SMILES string of the molecule is CCOc1ccccc1N(CC(=O)N(Cc1cccc(Cl)c1)[C@@H](C)C(=O)NC(C)(C)C)S(=O)(=O)c1ccccc1. The van der Waals surface area contributed by atoms with Crippen LogP contribution >= 0.6 is 11.6 Å². The van der Waals surface area contributed by atoms with E-state index in [0.717, 1.165) is 4.31 Å². The number of amides is 2. The second kappa shape index (κ2) is 13.2. The summed E-state index contributed by atoms with van der Waals surface area (Å²) in [4.78, 5) is 28.6. The maximum absolute atomic E-state index is 14.0. The van der Waals surface area contributed by atoms with Gasteiger partial charge in [-0.15, -0.1) is 0 Å². The second-order valence-electron chi connectivity index (χ2n) is 10.3. The Hall–Kier alpha value is -3.56. The first-order chi connectivity index (χ1) is 18.8. The predicted molar refractivity (Wildman–Crippen MR) is 158 cm³/mol. The molecular formula is C30H36ClN3O5S. The Bertz CT molecular complexity index is 1420. The lowest BCUT2D eigenvalue weighted by Gasteiger charge is -2.33. The Balaban J connectivity index is 2.08. The smallest absolute Gasteiger partial charge is 0.264 e. The maximum atomic E-state index is 14.0. The van der Waals surface area contributed by atoms with Crippen LogP contribution in [0.5, 0.6) is 5.75 Å². The van der Waals surface area contributed by atoms with Crippen molar-refractivity contribution < 1.29 is 22.7 Å². The Kier molecular flexibility index (Phi) is 10.2. The molecule has 0 saturated carbocycles. The van der Waals surface area contributed by atoms with E-state index in [1.54, 1.807) is 80.6 Å². The highest BCUT2D eigenvalue weighted by molar-refractivity contribution is 7.92. The van der Waals surface area contributed by atoms with Gasteiger partial charge in [-0.05, 0) is 76.6 Å². The highest BCUT2D eigenvalue weighted by Gasteiger charge is 2.34. The fraction of sp³-hybridized carbons (Fsp3) is 0.333. The largest absolute Gasteiger partial charge is 0.492 e. The van der Waals surface area contributed by atoms with Gasteiger partial charge in [0.2, 0.25) is 11.8 Å². The molecule has 0 unspecified atom stereocenters. The van der Waals surface area contributed by atoms with Crippen LogP contribution in [0.3, 0.4) is 0 Å².